The van der Waals surface area contributed by atoms with Crippen molar-refractivity contribution >= 4 is 35.7 Å². The van der Waals surface area contributed by atoms with E-state index in [1.54, 1.807) is 0 Å². The molecular formula is C68H94N2O12. The van der Waals surface area contributed by atoms with Gasteiger partial charge in [0.05, 0.1) is 23.3 Å². The first kappa shape index (κ1) is 58.9. The molecule has 14 nitrogen and oxygen atoms in total. The second-order valence-corrected chi connectivity index (χ2v) is 28.8. The van der Waals surface area contributed by atoms with Crippen molar-refractivity contribution in [3.8, 4) is 0 Å². The number of aliphatic hydroxyl groups excluding tert-OH is 2. The van der Waals surface area contributed by atoms with Crippen LogP contribution in [0.4, 0.5) is 0 Å². The summed E-state index contributed by atoms with van der Waals surface area (Å²) in [5.74, 6) is 1.91. The van der Waals surface area contributed by atoms with Crippen LogP contribution in [0.5, 0.6) is 0 Å². The monoisotopic (exact) mass is 1130 g/mol. The van der Waals surface area contributed by atoms with E-state index < -0.39 is 49.3 Å². The molecule has 82 heavy (non-hydrogen) atoms. The van der Waals surface area contributed by atoms with Gasteiger partial charge < -0.3 is 39.8 Å². The summed E-state index contributed by atoms with van der Waals surface area (Å²) in [7, 11) is 0. The number of esters is 4. The zero-order chi connectivity index (χ0) is 57.9. The Hall–Kier alpha value is -4.82. The number of amides is 2. The van der Waals surface area contributed by atoms with Gasteiger partial charge in [-0.3, -0.25) is 9.59 Å². The lowest BCUT2D eigenvalue weighted by Gasteiger charge is -2.62. The Morgan fingerprint density at radius 3 is 1.29 bits per heavy atom. The molecule has 20 bridgehead atoms. The average Bonchev–Trinajstić information content (AvgIpc) is 2.88. The summed E-state index contributed by atoms with van der Waals surface area (Å²) in [6.45, 7) is 13.8. The highest BCUT2D eigenvalue weighted by molar-refractivity contribution is 5.94. The summed E-state index contributed by atoms with van der Waals surface area (Å²) in [5.41, 5.74) is 1.89. The maximum atomic E-state index is 13.4. The molecule has 2 aromatic carbocycles. The number of hydrogen-bond donors (Lipinski definition) is 4. The van der Waals surface area contributed by atoms with Gasteiger partial charge in [0.1, 0.15) is 12.2 Å². The zero-order valence-electron chi connectivity index (χ0n) is 49.8. The van der Waals surface area contributed by atoms with Crippen LogP contribution in [0.1, 0.15) is 202 Å². The predicted molar refractivity (Wildman–Crippen MR) is 307 cm³/mol. The second-order valence-electron chi connectivity index (χ2n) is 28.8. The van der Waals surface area contributed by atoms with E-state index in [0.717, 1.165) is 114 Å². The van der Waals surface area contributed by atoms with Crippen LogP contribution in [0.2, 0.25) is 0 Å². The largest absolute Gasteiger partial charge is 0.460 e. The van der Waals surface area contributed by atoms with Gasteiger partial charge in [-0.15, -0.1) is 0 Å². The molecule has 0 aromatic heterocycles. The van der Waals surface area contributed by atoms with Crippen LogP contribution < -0.4 is 10.6 Å². The molecule has 4 N–H and O–H groups in total. The van der Waals surface area contributed by atoms with Gasteiger partial charge >= 0.3 is 23.9 Å². The molecule has 20 atom stereocenters. The molecular weight excluding hydrogens is 1040 g/mol. The Labute approximate surface area is 486 Å². The van der Waals surface area contributed by atoms with Gasteiger partial charge in [0.2, 0.25) is 11.8 Å². The molecule has 8 fully saturated rings. The number of benzene rings is 2. The van der Waals surface area contributed by atoms with E-state index in [1.807, 2.05) is 18.2 Å². The smallest absolute Gasteiger partial charge is 0.344 e. The molecule has 2 amide bonds. The third kappa shape index (κ3) is 11.1. The Morgan fingerprint density at radius 1 is 0.476 bits per heavy atom. The van der Waals surface area contributed by atoms with E-state index in [0.29, 0.717) is 98.0 Å². The first-order chi connectivity index (χ1) is 39.2. The fourth-order valence-corrected chi connectivity index (χ4v) is 20.6. The Kier molecular flexibility index (Phi) is 16.9. The van der Waals surface area contributed by atoms with E-state index in [-0.39, 0.29) is 68.6 Å². The molecule has 14 heteroatoms. The molecule has 0 spiro atoms. The number of carbonyl (C=O) groups is 6. The molecule has 0 saturated heterocycles. The number of rotatable bonds is 0. The summed E-state index contributed by atoms with van der Waals surface area (Å²) < 4.78 is 22.7. The van der Waals surface area contributed by atoms with Crippen LogP contribution in [-0.2, 0) is 51.2 Å². The van der Waals surface area contributed by atoms with E-state index in [9.17, 15) is 39.0 Å². The molecule has 6 aliphatic heterocycles. The number of hydrogen-bond acceptors (Lipinski definition) is 12. The van der Waals surface area contributed by atoms with Crippen molar-refractivity contribution in [3.05, 3.63) is 70.8 Å². The maximum Gasteiger partial charge on any atom is 0.344 e. The summed E-state index contributed by atoms with van der Waals surface area (Å²) >= 11 is 0. The SMILES string of the molecule is C[C@@H]1CCC(=O)NCc2cccc(c2)CNC(=O)CC[C@@H](C)[C@H]2CC[C@H]3[C@@H]4CC[C@@H]5C[C@@H](CC[C@]5(C)[C@H]4C[C@H](O)[C@]23C)OC(=O)COC(=O)c2ccc(cc2)C(=O)OCC(=O)O[C@@H]2CC[C@@]3(C)[C@H](CC[C@@H]4[C@@H]3C[C@H](O)[C@]3(C)[C@@H]1CC[C@@H]43)C2. The standard InChI is InChI=1S/C68H94N2O12/c1-39-10-24-59(73)69-35-41-8-7-9-42(30-41)36-70-60(74)25-11-40(2)52-21-23-54-50-19-17-46-32-48(27-29-66(46,4)56(50)34-58(72)68(52,54)6)82-62(76)38-80-64(78)44-14-12-43(13-15-44)63(77)79-37-61(75)81-47-26-28-65(3)45(31-47)16-18-49-53-22-20-51(39)67(53,5)57(71)33-55(49)65/h7-9,12-15,30,39-40,45-58,71-72H,10-11,16-29,31-38H2,1-6H3,(H,69,73)(H,70,74)/t39-,40-,45-,46-,47-,48-,49+,50+,51-,52-,53+,54+,55+,56+,57+,58+,65+,66+,67-,68-/m1/s1. The molecule has 8 aliphatic carbocycles. The maximum absolute atomic E-state index is 13.4. The van der Waals surface area contributed by atoms with Crippen molar-refractivity contribution in [3.63, 3.8) is 0 Å². The topological polar surface area (TPSA) is 204 Å². The van der Waals surface area contributed by atoms with Crippen LogP contribution in [0.15, 0.2) is 48.5 Å². The second kappa shape index (κ2) is 23.6. The lowest BCUT2D eigenvalue weighted by molar-refractivity contribution is -0.182. The minimum atomic E-state index is -0.727. The third-order valence-electron chi connectivity index (χ3n) is 25.2. The third-order valence-corrected chi connectivity index (χ3v) is 25.2. The van der Waals surface area contributed by atoms with Crippen LogP contribution in [0.25, 0.3) is 0 Å². The molecule has 0 radical (unpaired) electrons. The van der Waals surface area contributed by atoms with Gasteiger partial charge in [0.15, 0.2) is 13.2 Å². The number of aliphatic hydroxyl groups is 2. The van der Waals surface area contributed by atoms with Gasteiger partial charge in [0, 0.05) is 25.9 Å². The minimum Gasteiger partial charge on any atom is -0.460 e. The minimum absolute atomic E-state index is 0.0169. The van der Waals surface area contributed by atoms with Crippen molar-refractivity contribution in [2.24, 2.45) is 92.7 Å². The Bertz CT molecular complexity index is 2540. The summed E-state index contributed by atoms with van der Waals surface area (Å²) in [6.07, 6.45) is 15.7. The van der Waals surface area contributed by atoms with E-state index in [2.05, 4.69) is 58.2 Å². The van der Waals surface area contributed by atoms with Crippen LogP contribution >= 0.6 is 0 Å². The van der Waals surface area contributed by atoms with E-state index in [1.165, 1.54) is 24.3 Å². The molecule has 8 saturated carbocycles. The molecule has 0 unspecified atom stereocenters. The highest BCUT2D eigenvalue weighted by Gasteiger charge is 2.66. The van der Waals surface area contributed by atoms with Crippen molar-refractivity contribution in [1.29, 1.82) is 0 Å². The Balaban J connectivity index is 0.739. The van der Waals surface area contributed by atoms with E-state index >= 15 is 0 Å². The van der Waals surface area contributed by atoms with Gasteiger partial charge in [-0.25, -0.2) is 19.2 Å². The number of carbonyl (C=O) groups excluding carboxylic acids is 6. The lowest BCUT2D eigenvalue weighted by Crippen LogP contribution is -2.59. The van der Waals surface area contributed by atoms with Gasteiger partial charge in [-0.1, -0.05) is 65.8 Å². The normalized spacial score (nSPS) is 43.4. The van der Waals surface area contributed by atoms with Gasteiger partial charge in [-0.05, 0) is 244 Å². The molecule has 16 rings (SSSR count). The van der Waals surface area contributed by atoms with Crippen molar-refractivity contribution in [2.45, 2.75) is 207 Å². The molecule has 14 aliphatic rings. The predicted octanol–water partition coefficient (Wildman–Crippen LogP) is 10.9. The van der Waals surface area contributed by atoms with Gasteiger partial charge in [0.25, 0.3) is 0 Å². The Morgan fingerprint density at radius 2 is 0.878 bits per heavy atom. The first-order valence-corrected chi connectivity index (χ1v) is 32.0. The quantitative estimate of drug-likeness (QED) is 0.144. The van der Waals surface area contributed by atoms with Crippen molar-refractivity contribution < 1.29 is 57.9 Å². The molecule has 6 heterocycles. The van der Waals surface area contributed by atoms with E-state index in [4.69, 9.17) is 18.9 Å². The molecule has 448 valence electrons. The zero-order valence-corrected chi connectivity index (χ0v) is 49.8. The molecule has 2 aromatic rings. The average molecular weight is 1130 g/mol. The van der Waals surface area contributed by atoms with Crippen molar-refractivity contribution in [2.75, 3.05) is 13.2 Å². The van der Waals surface area contributed by atoms with Gasteiger partial charge in [-0.2, -0.15) is 0 Å². The van der Waals surface area contributed by atoms with Crippen LogP contribution in [0.3, 0.4) is 0 Å². The van der Waals surface area contributed by atoms with Crippen LogP contribution in [0, 0.1) is 92.7 Å². The number of ether oxygens (including phenoxy) is 4. The fourth-order valence-electron chi connectivity index (χ4n) is 20.6. The van der Waals surface area contributed by atoms with Crippen LogP contribution in [-0.4, -0.2) is 83.5 Å². The highest BCUT2D eigenvalue weighted by Crippen LogP contribution is 2.70. The first-order valence-electron chi connectivity index (χ1n) is 32.0. The highest BCUT2D eigenvalue weighted by atomic mass is 16.6. The fraction of sp³-hybridized carbons (Fsp3) is 0.735. The summed E-state index contributed by atoms with van der Waals surface area (Å²) in [6, 6.07) is 13.8. The summed E-state index contributed by atoms with van der Waals surface area (Å²) in [5, 5.41) is 30.9. The number of nitrogens with one attached hydrogen (secondary N) is 2. The van der Waals surface area contributed by atoms with Crippen molar-refractivity contribution in [1.82, 2.24) is 10.6 Å². The lowest BCUT2D eigenvalue weighted by atomic mass is 9.43. The summed E-state index contributed by atoms with van der Waals surface area (Å²) in [4.78, 5) is 79.3.